The Morgan fingerprint density at radius 2 is 2.33 bits per heavy atom. The normalized spacial score (nSPS) is 20.1. The van der Waals surface area contributed by atoms with Crippen LogP contribution >= 0.6 is 0 Å². The predicted octanol–water partition coefficient (Wildman–Crippen LogP) is 1.11. The lowest BCUT2D eigenvalue weighted by Crippen LogP contribution is -2.47. The molecule has 5 nitrogen and oxygen atoms in total. The van der Waals surface area contributed by atoms with Crippen molar-refractivity contribution in [1.29, 1.82) is 0 Å². The highest BCUT2D eigenvalue weighted by Crippen LogP contribution is 2.23. The minimum absolute atomic E-state index is 0.0310. The van der Waals surface area contributed by atoms with Crippen LogP contribution in [-0.4, -0.2) is 41.4 Å². The Balaban J connectivity index is 1.88. The molecule has 1 aromatic rings. The van der Waals surface area contributed by atoms with Crippen LogP contribution in [0.2, 0.25) is 0 Å². The molecule has 0 bridgehead atoms. The first kappa shape index (κ1) is 15.5. The molecule has 21 heavy (non-hydrogen) atoms. The molecule has 1 saturated carbocycles. The fraction of sp³-hybridized carbons (Fsp3) is 0.500. The van der Waals surface area contributed by atoms with Crippen LogP contribution in [0.1, 0.15) is 42.1 Å². The van der Waals surface area contributed by atoms with E-state index in [4.69, 9.17) is 9.84 Å². The van der Waals surface area contributed by atoms with Crippen molar-refractivity contribution in [1.82, 2.24) is 10.3 Å². The number of aromatic nitrogens is 1. The number of rotatable bonds is 5. The van der Waals surface area contributed by atoms with Gasteiger partial charge in [-0.3, -0.25) is 9.78 Å². The van der Waals surface area contributed by atoms with Crippen molar-refractivity contribution < 1.29 is 14.6 Å². The molecule has 0 spiro atoms. The van der Waals surface area contributed by atoms with Crippen molar-refractivity contribution in [3.05, 3.63) is 29.6 Å². The highest BCUT2D eigenvalue weighted by Gasteiger charge is 2.30. The number of pyridine rings is 1. The number of amides is 1. The Labute approximate surface area is 124 Å². The Morgan fingerprint density at radius 3 is 3.05 bits per heavy atom. The highest BCUT2D eigenvalue weighted by atomic mass is 16.5. The number of aliphatic hydroxyl groups is 1. The number of hydrogen-bond donors (Lipinski definition) is 2. The second-order valence-electron chi connectivity index (χ2n) is 4.96. The van der Waals surface area contributed by atoms with Crippen LogP contribution < -0.4 is 5.32 Å². The van der Waals surface area contributed by atoms with Crippen molar-refractivity contribution in [2.75, 3.05) is 13.2 Å². The number of nitrogens with zero attached hydrogens (tertiary/aromatic N) is 1. The Morgan fingerprint density at radius 1 is 1.52 bits per heavy atom. The van der Waals surface area contributed by atoms with Crippen LogP contribution in [0, 0.1) is 11.8 Å². The van der Waals surface area contributed by atoms with Gasteiger partial charge in [0.25, 0.3) is 5.91 Å². The minimum Gasteiger partial charge on any atom is -0.395 e. The van der Waals surface area contributed by atoms with E-state index in [-0.39, 0.29) is 24.7 Å². The van der Waals surface area contributed by atoms with Gasteiger partial charge in [0.15, 0.2) is 0 Å². The Bertz CT molecular complexity index is 542. The summed E-state index contributed by atoms with van der Waals surface area (Å²) in [7, 11) is 0. The molecule has 1 heterocycles. The third kappa shape index (κ3) is 4.55. The summed E-state index contributed by atoms with van der Waals surface area (Å²) in [6.07, 6.45) is 5.55. The molecule has 5 heteroatoms. The van der Waals surface area contributed by atoms with E-state index >= 15 is 0 Å². The van der Waals surface area contributed by atoms with Gasteiger partial charge >= 0.3 is 0 Å². The molecule has 1 fully saturated rings. The molecule has 0 aliphatic heterocycles. The number of aliphatic hydroxyl groups excluding tert-OH is 1. The molecule has 1 aliphatic rings. The first-order valence-electron chi connectivity index (χ1n) is 7.20. The van der Waals surface area contributed by atoms with E-state index in [1.54, 1.807) is 12.3 Å². The SMILES string of the molecule is CCOC1CC(NC(=O)c2cncc(C#CCCO)c2)C1. The number of hydrogen-bond acceptors (Lipinski definition) is 4. The Hall–Kier alpha value is -1.90. The highest BCUT2D eigenvalue weighted by molar-refractivity contribution is 5.94. The summed E-state index contributed by atoms with van der Waals surface area (Å²) >= 11 is 0. The molecule has 1 aromatic heterocycles. The summed E-state index contributed by atoms with van der Waals surface area (Å²) in [5, 5.41) is 11.7. The molecular weight excluding hydrogens is 268 g/mol. The lowest BCUT2D eigenvalue weighted by atomic mass is 9.89. The van der Waals surface area contributed by atoms with E-state index in [1.807, 2.05) is 6.92 Å². The molecule has 0 unspecified atom stereocenters. The van der Waals surface area contributed by atoms with Gasteiger partial charge in [0, 0.05) is 37.0 Å². The number of carbonyl (C=O) groups is 1. The van der Waals surface area contributed by atoms with Gasteiger partial charge in [-0.05, 0) is 25.8 Å². The largest absolute Gasteiger partial charge is 0.395 e. The fourth-order valence-electron chi connectivity index (χ4n) is 2.18. The average Bonchev–Trinajstić information content (AvgIpc) is 2.45. The lowest BCUT2D eigenvalue weighted by Gasteiger charge is -2.35. The van der Waals surface area contributed by atoms with Gasteiger partial charge in [0.1, 0.15) is 0 Å². The monoisotopic (exact) mass is 288 g/mol. The topological polar surface area (TPSA) is 71.5 Å². The van der Waals surface area contributed by atoms with Crippen molar-refractivity contribution in [3.63, 3.8) is 0 Å². The summed E-state index contributed by atoms with van der Waals surface area (Å²) in [4.78, 5) is 16.1. The summed E-state index contributed by atoms with van der Waals surface area (Å²) in [5.74, 6) is 5.55. The van der Waals surface area contributed by atoms with Gasteiger partial charge in [-0.2, -0.15) is 0 Å². The molecule has 2 rings (SSSR count). The van der Waals surface area contributed by atoms with Crippen LogP contribution in [0.5, 0.6) is 0 Å². The van der Waals surface area contributed by atoms with Crippen molar-refractivity contribution in [3.8, 4) is 11.8 Å². The van der Waals surface area contributed by atoms with E-state index < -0.39 is 0 Å². The van der Waals surface area contributed by atoms with Crippen LogP contribution in [-0.2, 0) is 4.74 Å². The quantitative estimate of drug-likeness (QED) is 0.796. The standard InChI is InChI=1S/C16H20N2O3/c1-2-21-15-8-14(9-15)18-16(20)13-7-12(10-17-11-13)5-3-4-6-19/h7,10-11,14-15,19H,2,4,6,8-9H2,1H3,(H,18,20). The van der Waals surface area contributed by atoms with Gasteiger partial charge in [-0.1, -0.05) is 11.8 Å². The minimum atomic E-state index is -0.131. The summed E-state index contributed by atoms with van der Waals surface area (Å²) < 4.78 is 5.47. The molecule has 0 atom stereocenters. The van der Waals surface area contributed by atoms with Gasteiger partial charge < -0.3 is 15.2 Å². The van der Waals surface area contributed by atoms with Crippen LogP contribution in [0.15, 0.2) is 18.5 Å². The molecule has 0 radical (unpaired) electrons. The third-order valence-electron chi connectivity index (χ3n) is 3.30. The molecule has 0 aromatic carbocycles. The van der Waals surface area contributed by atoms with E-state index in [1.165, 1.54) is 6.20 Å². The molecule has 1 amide bonds. The molecule has 1 aliphatic carbocycles. The molecule has 0 saturated heterocycles. The molecular formula is C16H20N2O3. The third-order valence-corrected chi connectivity index (χ3v) is 3.30. The van der Waals surface area contributed by atoms with Crippen molar-refractivity contribution >= 4 is 5.91 Å². The average molecular weight is 288 g/mol. The first-order valence-corrected chi connectivity index (χ1v) is 7.20. The number of ether oxygens (including phenoxy) is 1. The van der Waals surface area contributed by atoms with Gasteiger partial charge in [0.2, 0.25) is 0 Å². The maximum Gasteiger partial charge on any atom is 0.253 e. The van der Waals surface area contributed by atoms with Crippen LogP contribution in [0.4, 0.5) is 0 Å². The molecule has 112 valence electrons. The van der Waals surface area contributed by atoms with Gasteiger partial charge in [0.05, 0.1) is 18.3 Å². The zero-order valence-corrected chi connectivity index (χ0v) is 12.1. The van der Waals surface area contributed by atoms with Crippen molar-refractivity contribution in [2.24, 2.45) is 0 Å². The fourth-order valence-corrected chi connectivity index (χ4v) is 2.18. The summed E-state index contributed by atoms with van der Waals surface area (Å²) in [6.45, 7) is 2.72. The van der Waals surface area contributed by atoms with Crippen LogP contribution in [0.3, 0.4) is 0 Å². The second kappa shape index (κ2) is 7.77. The van der Waals surface area contributed by atoms with Crippen LogP contribution in [0.25, 0.3) is 0 Å². The maximum absolute atomic E-state index is 12.1. The maximum atomic E-state index is 12.1. The van der Waals surface area contributed by atoms with E-state index in [0.29, 0.717) is 24.2 Å². The lowest BCUT2D eigenvalue weighted by molar-refractivity contribution is -0.00862. The van der Waals surface area contributed by atoms with Crippen molar-refractivity contribution in [2.45, 2.75) is 38.3 Å². The zero-order chi connectivity index (χ0) is 15.1. The Kier molecular flexibility index (Phi) is 5.73. The van der Waals surface area contributed by atoms with E-state index in [9.17, 15) is 4.79 Å². The molecule has 2 N–H and O–H groups in total. The smallest absolute Gasteiger partial charge is 0.253 e. The number of carbonyl (C=O) groups excluding carboxylic acids is 1. The summed E-state index contributed by atoms with van der Waals surface area (Å²) in [6, 6.07) is 1.89. The first-order chi connectivity index (χ1) is 10.2. The predicted molar refractivity (Wildman–Crippen MR) is 78.7 cm³/mol. The second-order valence-corrected chi connectivity index (χ2v) is 4.96. The van der Waals surface area contributed by atoms with Gasteiger partial charge in [-0.25, -0.2) is 0 Å². The summed E-state index contributed by atoms with van der Waals surface area (Å²) in [5.41, 5.74) is 1.18. The van der Waals surface area contributed by atoms with Gasteiger partial charge in [-0.15, -0.1) is 0 Å². The zero-order valence-electron chi connectivity index (χ0n) is 12.1. The number of nitrogens with one attached hydrogen (secondary N) is 1. The van der Waals surface area contributed by atoms with E-state index in [2.05, 4.69) is 22.1 Å². The van der Waals surface area contributed by atoms with E-state index in [0.717, 1.165) is 12.8 Å².